The number of H-pyrrole nitrogens is 1. The lowest BCUT2D eigenvalue weighted by Crippen LogP contribution is -2.16. The summed E-state index contributed by atoms with van der Waals surface area (Å²) in [5.74, 6) is -1.30. The molecule has 1 aromatic carbocycles. The molecule has 0 aliphatic heterocycles. The molecule has 0 unspecified atom stereocenters. The van der Waals surface area contributed by atoms with Gasteiger partial charge in [0.15, 0.2) is 0 Å². The fourth-order valence-corrected chi connectivity index (χ4v) is 2.85. The summed E-state index contributed by atoms with van der Waals surface area (Å²) >= 11 is 0. The number of hydrogen-bond acceptors (Lipinski definition) is 5. The van der Waals surface area contributed by atoms with Crippen molar-refractivity contribution in [3.8, 4) is 0 Å². The second-order valence-corrected chi connectivity index (χ2v) is 5.81. The monoisotopic (exact) mass is 372 g/mol. The molecule has 0 atom stereocenters. The number of ether oxygens (including phenoxy) is 2. The van der Waals surface area contributed by atoms with Crippen molar-refractivity contribution in [3.05, 3.63) is 52.3 Å². The van der Waals surface area contributed by atoms with Crippen molar-refractivity contribution in [2.75, 3.05) is 18.5 Å². The summed E-state index contributed by atoms with van der Waals surface area (Å²) in [5, 5.41) is 2.78. The molecule has 0 radical (unpaired) electrons. The molecule has 0 bridgehead atoms. The molecule has 0 spiro atoms. The summed E-state index contributed by atoms with van der Waals surface area (Å²) in [6.45, 7) is 7.57. The molecule has 0 aliphatic rings. The zero-order valence-electron chi connectivity index (χ0n) is 16.0. The Bertz CT molecular complexity index is 854. The molecule has 2 rings (SSSR count). The van der Waals surface area contributed by atoms with Gasteiger partial charge in [0.1, 0.15) is 5.69 Å². The van der Waals surface area contributed by atoms with Crippen LogP contribution in [0.3, 0.4) is 0 Å². The number of rotatable bonds is 7. The minimum atomic E-state index is -0.485. The lowest BCUT2D eigenvalue weighted by Gasteiger charge is -2.09. The number of amides is 1. The van der Waals surface area contributed by atoms with Crippen LogP contribution in [0.15, 0.2) is 24.3 Å². The normalized spacial score (nSPS) is 10.4. The van der Waals surface area contributed by atoms with Crippen molar-refractivity contribution in [1.82, 2.24) is 4.98 Å². The first kappa shape index (κ1) is 20.2. The summed E-state index contributed by atoms with van der Waals surface area (Å²) in [6, 6.07) is 6.51. The smallest absolute Gasteiger partial charge is 0.355 e. The SMILES string of the molecule is CCOC(=O)c1cccc(NC(=O)c2c(C)[nH]c(C(=O)OCC)c2CC)c1. The zero-order valence-corrected chi connectivity index (χ0v) is 16.0. The minimum absolute atomic E-state index is 0.252. The number of carbonyl (C=O) groups excluding carboxylic acids is 3. The van der Waals surface area contributed by atoms with E-state index >= 15 is 0 Å². The van der Waals surface area contributed by atoms with E-state index in [1.54, 1.807) is 45.0 Å². The van der Waals surface area contributed by atoms with Crippen LogP contribution in [0.1, 0.15) is 63.2 Å². The second-order valence-electron chi connectivity index (χ2n) is 5.81. The predicted molar refractivity (Wildman–Crippen MR) is 101 cm³/mol. The highest BCUT2D eigenvalue weighted by Crippen LogP contribution is 2.22. The topological polar surface area (TPSA) is 97.5 Å². The van der Waals surface area contributed by atoms with E-state index < -0.39 is 11.9 Å². The van der Waals surface area contributed by atoms with E-state index in [0.29, 0.717) is 40.2 Å². The first-order valence-electron chi connectivity index (χ1n) is 8.89. The Morgan fingerprint density at radius 2 is 1.70 bits per heavy atom. The number of aromatic amines is 1. The van der Waals surface area contributed by atoms with Gasteiger partial charge in [-0.25, -0.2) is 9.59 Å². The highest BCUT2D eigenvalue weighted by molar-refractivity contribution is 6.08. The van der Waals surface area contributed by atoms with E-state index in [2.05, 4.69) is 10.3 Å². The van der Waals surface area contributed by atoms with Crippen LogP contribution < -0.4 is 5.32 Å². The van der Waals surface area contributed by atoms with Gasteiger partial charge in [-0.15, -0.1) is 0 Å². The summed E-state index contributed by atoms with van der Waals surface area (Å²) in [4.78, 5) is 39.7. The molecule has 1 amide bonds. The van der Waals surface area contributed by atoms with Crippen LogP contribution in [0, 0.1) is 6.92 Å². The van der Waals surface area contributed by atoms with E-state index in [9.17, 15) is 14.4 Å². The van der Waals surface area contributed by atoms with Crippen LogP contribution in [0.25, 0.3) is 0 Å². The van der Waals surface area contributed by atoms with E-state index in [-0.39, 0.29) is 19.1 Å². The number of aryl methyl sites for hydroxylation is 1. The molecule has 0 saturated heterocycles. The number of hydrogen-bond donors (Lipinski definition) is 2. The molecular weight excluding hydrogens is 348 g/mol. The molecule has 0 saturated carbocycles. The molecule has 7 nitrogen and oxygen atoms in total. The van der Waals surface area contributed by atoms with Crippen LogP contribution in [-0.4, -0.2) is 36.0 Å². The first-order chi connectivity index (χ1) is 12.9. The fraction of sp³-hybridized carbons (Fsp3) is 0.350. The summed E-state index contributed by atoms with van der Waals surface area (Å²) < 4.78 is 10.0. The third-order valence-electron chi connectivity index (χ3n) is 3.98. The lowest BCUT2D eigenvalue weighted by molar-refractivity contribution is 0.0512. The molecule has 2 N–H and O–H groups in total. The molecule has 0 aliphatic carbocycles. The van der Waals surface area contributed by atoms with E-state index in [1.807, 2.05) is 6.92 Å². The largest absolute Gasteiger partial charge is 0.462 e. The van der Waals surface area contributed by atoms with Gasteiger partial charge in [-0.05, 0) is 51.0 Å². The summed E-state index contributed by atoms with van der Waals surface area (Å²) in [5.41, 5.74) is 2.69. The van der Waals surface area contributed by atoms with Gasteiger partial charge in [-0.3, -0.25) is 4.79 Å². The maximum absolute atomic E-state index is 12.8. The van der Waals surface area contributed by atoms with Crippen LogP contribution in [-0.2, 0) is 15.9 Å². The van der Waals surface area contributed by atoms with Gasteiger partial charge in [0, 0.05) is 11.4 Å². The van der Waals surface area contributed by atoms with Gasteiger partial charge in [0.2, 0.25) is 0 Å². The van der Waals surface area contributed by atoms with Crippen molar-refractivity contribution < 1.29 is 23.9 Å². The molecule has 27 heavy (non-hydrogen) atoms. The number of carbonyl (C=O) groups is 3. The number of aromatic nitrogens is 1. The van der Waals surface area contributed by atoms with Gasteiger partial charge >= 0.3 is 11.9 Å². The van der Waals surface area contributed by atoms with Gasteiger partial charge in [-0.2, -0.15) is 0 Å². The van der Waals surface area contributed by atoms with Crippen LogP contribution in [0.2, 0.25) is 0 Å². The molecule has 2 aromatic rings. The van der Waals surface area contributed by atoms with Crippen LogP contribution in [0.4, 0.5) is 5.69 Å². The Morgan fingerprint density at radius 3 is 2.33 bits per heavy atom. The Morgan fingerprint density at radius 1 is 1.04 bits per heavy atom. The molecule has 1 heterocycles. The average molecular weight is 372 g/mol. The van der Waals surface area contributed by atoms with Gasteiger partial charge in [0.05, 0.1) is 24.3 Å². The molecule has 7 heteroatoms. The zero-order chi connectivity index (χ0) is 20.0. The number of benzene rings is 1. The van der Waals surface area contributed by atoms with Crippen molar-refractivity contribution >= 4 is 23.5 Å². The average Bonchev–Trinajstić information content (AvgIpc) is 2.99. The van der Waals surface area contributed by atoms with Gasteiger partial charge in [0.25, 0.3) is 5.91 Å². The quantitative estimate of drug-likeness (QED) is 0.725. The van der Waals surface area contributed by atoms with E-state index in [1.165, 1.54) is 0 Å². The Hall–Kier alpha value is -3.09. The van der Waals surface area contributed by atoms with E-state index in [4.69, 9.17) is 9.47 Å². The molecular formula is C20H24N2O5. The second kappa shape index (κ2) is 9.02. The van der Waals surface area contributed by atoms with Crippen molar-refractivity contribution in [2.45, 2.75) is 34.1 Å². The highest BCUT2D eigenvalue weighted by atomic mass is 16.5. The minimum Gasteiger partial charge on any atom is -0.462 e. The summed E-state index contributed by atoms with van der Waals surface area (Å²) in [6.07, 6.45) is 0.490. The summed E-state index contributed by atoms with van der Waals surface area (Å²) in [7, 11) is 0. The first-order valence-corrected chi connectivity index (χ1v) is 8.89. The highest BCUT2D eigenvalue weighted by Gasteiger charge is 2.24. The Labute approximate surface area is 158 Å². The van der Waals surface area contributed by atoms with Crippen molar-refractivity contribution in [2.24, 2.45) is 0 Å². The van der Waals surface area contributed by atoms with Gasteiger partial charge in [-0.1, -0.05) is 13.0 Å². The fourth-order valence-electron chi connectivity index (χ4n) is 2.85. The predicted octanol–water partition coefficient (Wildman–Crippen LogP) is 3.49. The molecule has 144 valence electrons. The molecule has 1 aromatic heterocycles. The van der Waals surface area contributed by atoms with Crippen molar-refractivity contribution in [1.29, 1.82) is 0 Å². The van der Waals surface area contributed by atoms with Crippen molar-refractivity contribution in [3.63, 3.8) is 0 Å². The standard InChI is InChI=1S/C20H24N2O5/c1-5-15-16(12(4)21-17(15)20(25)27-7-3)18(23)22-14-10-8-9-13(11-14)19(24)26-6-2/h8-11,21H,5-7H2,1-4H3,(H,22,23). The maximum Gasteiger partial charge on any atom is 0.355 e. The van der Waals surface area contributed by atoms with Crippen LogP contribution >= 0.6 is 0 Å². The molecule has 0 fully saturated rings. The van der Waals surface area contributed by atoms with Crippen LogP contribution in [0.5, 0.6) is 0 Å². The Kier molecular flexibility index (Phi) is 6.76. The Balaban J connectivity index is 2.30. The third kappa shape index (κ3) is 4.55. The third-order valence-corrected chi connectivity index (χ3v) is 3.98. The van der Waals surface area contributed by atoms with E-state index in [0.717, 1.165) is 0 Å². The van der Waals surface area contributed by atoms with Gasteiger partial charge < -0.3 is 19.8 Å². The lowest BCUT2D eigenvalue weighted by atomic mass is 10.0. The maximum atomic E-state index is 12.8. The number of esters is 2. The number of nitrogens with one attached hydrogen (secondary N) is 2. The number of anilines is 1.